The molecule has 2 saturated heterocycles. The highest BCUT2D eigenvalue weighted by molar-refractivity contribution is 6.05. The summed E-state index contributed by atoms with van der Waals surface area (Å²) in [5.74, 6) is -4.59. The van der Waals surface area contributed by atoms with Crippen molar-refractivity contribution in [3.05, 3.63) is 64.5 Å². The summed E-state index contributed by atoms with van der Waals surface area (Å²) in [5, 5.41) is 1.66. The summed E-state index contributed by atoms with van der Waals surface area (Å²) in [4.78, 5) is 40.1. The van der Waals surface area contributed by atoms with E-state index in [1.54, 1.807) is 10.2 Å². The zero-order chi connectivity index (χ0) is 30.0. The second-order valence-corrected chi connectivity index (χ2v) is 7.86. The molecule has 0 bridgehead atoms. The van der Waals surface area contributed by atoms with Crippen molar-refractivity contribution >= 4 is 17.7 Å². The van der Waals surface area contributed by atoms with Gasteiger partial charge in [0.15, 0.2) is 0 Å². The maximum atomic E-state index is 15.0. The van der Waals surface area contributed by atoms with E-state index in [9.17, 15) is 14.4 Å². The zero-order valence-corrected chi connectivity index (χ0v) is 18.0. The first-order valence-electron chi connectivity index (χ1n) is 14.2. The Morgan fingerprint density at radius 3 is 2.85 bits per heavy atom. The topological polar surface area (TPSA) is 88.2 Å². The summed E-state index contributed by atoms with van der Waals surface area (Å²) in [7, 11) is 0. The van der Waals surface area contributed by atoms with Crippen LogP contribution in [0.2, 0.25) is 0 Å². The molecular weight excluding hydrogens is 441 g/mol. The largest absolute Gasteiger partial charge is 0.488 e. The lowest BCUT2D eigenvalue weighted by Gasteiger charge is -2.29. The number of benzene rings is 2. The van der Waals surface area contributed by atoms with Crippen molar-refractivity contribution < 1.29 is 37.8 Å². The molecule has 0 unspecified atom stereocenters. The number of imide groups is 1. The molecule has 0 spiro atoms. The lowest BCUT2D eigenvalue weighted by atomic mass is 10.0. The average Bonchev–Trinajstić information content (AvgIpc) is 3.28. The molecule has 34 heavy (non-hydrogen) atoms. The Labute approximate surface area is 206 Å². The van der Waals surface area contributed by atoms with Crippen molar-refractivity contribution in [2.45, 2.75) is 38.4 Å². The predicted molar refractivity (Wildman–Crippen MR) is 119 cm³/mol. The number of carbonyl (C=O) groups excluding carboxylic acids is 3. The van der Waals surface area contributed by atoms with Crippen LogP contribution in [0, 0.1) is 5.82 Å². The SMILES string of the molecule is [2H]C([2H])(c1ccc(COc2cccc3c2CN([C@]2([2H])C(=O)NC(=O)C([2H])([2H])C2([2H])[2H])C3=O)c(F)c1)N1CCOCC1. The van der Waals surface area contributed by atoms with Crippen LogP contribution in [0.4, 0.5) is 4.39 Å². The van der Waals surface area contributed by atoms with Crippen LogP contribution in [-0.4, -0.2) is 59.8 Å². The van der Waals surface area contributed by atoms with Gasteiger partial charge < -0.3 is 14.4 Å². The van der Waals surface area contributed by atoms with Crippen molar-refractivity contribution in [3.63, 3.8) is 0 Å². The molecule has 0 saturated carbocycles. The summed E-state index contributed by atoms with van der Waals surface area (Å²) in [6.45, 7) is -1.28. The second-order valence-electron chi connectivity index (χ2n) is 7.86. The number of carbonyl (C=O) groups is 3. The summed E-state index contributed by atoms with van der Waals surface area (Å²) >= 11 is 0. The zero-order valence-electron chi connectivity index (χ0n) is 25.0. The minimum Gasteiger partial charge on any atom is -0.488 e. The number of nitrogens with one attached hydrogen (secondary N) is 1. The van der Waals surface area contributed by atoms with Crippen molar-refractivity contribution in [3.8, 4) is 5.75 Å². The average molecular weight is 475 g/mol. The first kappa shape index (κ1) is 15.6. The van der Waals surface area contributed by atoms with Gasteiger partial charge in [-0.3, -0.25) is 24.6 Å². The van der Waals surface area contributed by atoms with Gasteiger partial charge in [0, 0.05) is 50.9 Å². The van der Waals surface area contributed by atoms with Gasteiger partial charge in [0.25, 0.3) is 5.91 Å². The van der Waals surface area contributed by atoms with Crippen molar-refractivity contribution in [1.29, 1.82) is 0 Å². The summed E-state index contributed by atoms with van der Waals surface area (Å²) in [6.07, 6.45) is -6.70. The molecule has 2 aromatic rings. The van der Waals surface area contributed by atoms with Crippen LogP contribution in [0.3, 0.4) is 0 Å². The number of piperidine rings is 1. The maximum absolute atomic E-state index is 15.0. The minimum absolute atomic E-state index is 0.0234. The smallest absolute Gasteiger partial charge is 0.255 e. The van der Waals surface area contributed by atoms with Crippen LogP contribution in [0.1, 0.15) is 49.4 Å². The molecule has 2 aromatic carbocycles. The molecule has 2 fully saturated rings. The minimum atomic E-state index is -3.41. The third-order valence-corrected chi connectivity index (χ3v) is 5.67. The number of nitrogens with zero attached hydrogens (tertiary/aromatic N) is 2. The highest BCUT2D eigenvalue weighted by Gasteiger charge is 2.40. The monoisotopic (exact) mass is 474 g/mol. The molecule has 3 amide bonds. The first-order chi connectivity index (χ1) is 19.1. The Kier molecular flexibility index (Phi) is 4.36. The molecular formula is C25H26FN3O5. The number of fused-ring (bicyclic) bond motifs is 1. The van der Waals surface area contributed by atoms with E-state index in [1.165, 1.54) is 30.3 Å². The number of halogens is 1. The van der Waals surface area contributed by atoms with Gasteiger partial charge in [0.05, 0.1) is 21.1 Å². The highest BCUT2D eigenvalue weighted by atomic mass is 19.1. The molecule has 178 valence electrons. The number of morpholine rings is 1. The number of amides is 3. The Morgan fingerprint density at radius 1 is 1.24 bits per heavy atom. The van der Waals surface area contributed by atoms with Crippen LogP contribution in [-0.2, 0) is 34.0 Å². The fourth-order valence-corrected chi connectivity index (χ4v) is 3.92. The van der Waals surface area contributed by atoms with Gasteiger partial charge >= 0.3 is 0 Å². The van der Waals surface area contributed by atoms with Crippen LogP contribution in [0.25, 0.3) is 0 Å². The lowest BCUT2D eigenvalue weighted by Crippen LogP contribution is -2.52. The number of ether oxygens (including phenoxy) is 2. The molecule has 9 heteroatoms. The van der Waals surface area contributed by atoms with Crippen LogP contribution in [0.5, 0.6) is 5.75 Å². The third kappa shape index (κ3) is 4.53. The molecule has 1 atom stereocenters. The van der Waals surface area contributed by atoms with Gasteiger partial charge in [-0.25, -0.2) is 4.39 Å². The first-order valence-corrected chi connectivity index (χ1v) is 10.7. The third-order valence-electron chi connectivity index (χ3n) is 5.67. The second kappa shape index (κ2) is 9.52. The summed E-state index contributed by atoms with van der Waals surface area (Å²) in [5.41, 5.74) is 0.370. The predicted octanol–water partition coefficient (Wildman–Crippen LogP) is 2.00. The van der Waals surface area contributed by atoms with Crippen LogP contribution in [0.15, 0.2) is 36.4 Å². The Morgan fingerprint density at radius 2 is 2.06 bits per heavy atom. The van der Waals surface area contributed by atoms with Crippen LogP contribution < -0.4 is 10.1 Å². The fourth-order valence-electron chi connectivity index (χ4n) is 3.92. The molecule has 3 aliphatic rings. The molecule has 5 rings (SSSR count). The van der Waals surface area contributed by atoms with E-state index in [1.807, 2.05) is 0 Å². The van der Waals surface area contributed by atoms with Gasteiger partial charge in [-0.15, -0.1) is 0 Å². The van der Waals surface area contributed by atoms with E-state index in [0.717, 1.165) is 6.07 Å². The van der Waals surface area contributed by atoms with E-state index in [0.29, 0.717) is 31.2 Å². The van der Waals surface area contributed by atoms with E-state index in [2.05, 4.69) is 0 Å². The molecule has 8 nitrogen and oxygen atoms in total. The Hall–Kier alpha value is -3.30. The number of hydrogen-bond acceptors (Lipinski definition) is 6. The van der Waals surface area contributed by atoms with Crippen molar-refractivity contribution in [2.24, 2.45) is 0 Å². The highest BCUT2D eigenvalue weighted by Crippen LogP contribution is 2.34. The molecule has 3 heterocycles. The maximum Gasteiger partial charge on any atom is 0.255 e. The number of hydrogen-bond donors (Lipinski definition) is 1. The van der Waals surface area contributed by atoms with Crippen LogP contribution >= 0.6 is 0 Å². The van der Waals surface area contributed by atoms with Gasteiger partial charge in [-0.2, -0.15) is 0 Å². The van der Waals surface area contributed by atoms with Crippen molar-refractivity contribution in [1.82, 2.24) is 15.1 Å². The Balaban J connectivity index is 1.37. The summed E-state index contributed by atoms with van der Waals surface area (Å²) < 4.78 is 83.9. The lowest BCUT2D eigenvalue weighted by molar-refractivity contribution is -0.136. The van der Waals surface area contributed by atoms with Gasteiger partial charge in [-0.1, -0.05) is 18.2 Å². The molecule has 3 aliphatic heterocycles. The van der Waals surface area contributed by atoms with E-state index < -0.39 is 55.3 Å². The van der Waals surface area contributed by atoms with Crippen molar-refractivity contribution in [2.75, 3.05) is 26.3 Å². The van der Waals surface area contributed by atoms with E-state index >= 15 is 4.39 Å². The number of rotatable bonds is 6. The van der Waals surface area contributed by atoms with Gasteiger partial charge in [0.2, 0.25) is 11.8 Å². The normalized spacial score (nSPS) is 29.5. The quantitative estimate of drug-likeness (QED) is 0.645. The molecule has 0 aliphatic carbocycles. The fraction of sp³-hybridized carbons (Fsp3) is 0.400. The van der Waals surface area contributed by atoms with E-state index in [4.69, 9.17) is 19.1 Å². The van der Waals surface area contributed by atoms with E-state index in [-0.39, 0.29) is 34.6 Å². The summed E-state index contributed by atoms with van der Waals surface area (Å²) in [6, 6.07) is 5.10. The molecule has 0 radical (unpaired) electrons. The molecule has 1 N–H and O–H groups in total. The Bertz CT molecular complexity index is 1440. The van der Waals surface area contributed by atoms with Gasteiger partial charge in [0.1, 0.15) is 24.2 Å². The van der Waals surface area contributed by atoms with Gasteiger partial charge in [-0.05, 0) is 30.1 Å². The molecule has 0 aromatic heterocycles. The standard InChI is InChI=1S/C25H26FN3O5/c26-20-12-16(13-28-8-10-33-11-9-28)4-5-17(20)15-34-22-3-1-2-18-19(22)14-29(25(18)32)21-6-7-23(30)27-24(21)31/h1-5,12,21H,6-11,13-15H2,(H,27,30,31)/t21-/m0/s1/i6D2,7D2,13D2,21D.